The molecule has 144 valence electrons. The number of fused-ring (bicyclic) bond motifs is 1. The highest BCUT2D eigenvalue weighted by Crippen LogP contribution is 2.31. The number of hydrogen-bond donors (Lipinski definition) is 0. The van der Waals surface area contributed by atoms with Gasteiger partial charge in [-0.25, -0.2) is 4.39 Å². The van der Waals surface area contributed by atoms with Crippen molar-refractivity contribution in [1.29, 1.82) is 0 Å². The van der Waals surface area contributed by atoms with Gasteiger partial charge in [-0.1, -0.05) is 6.07 Å². The first-order valence-corrected chi connectivity index (χ1v) is 9.13. The van der Waals surface area contributed by atoms with Gasteiger partial charge < -0.3 is 19.1 Å². The number of aryl methyl sites for hydroxylation is 1. The molecule has 1 amide bonds. The molecule has 0 spiro atoms. The van der Waals surface area contributed by atoms with Gasteiger partial charge in [0.2, 0.25) is 5.91 Å². The van der Waals surface area contributed by atoms with Crippen LogP contribution in [0.15, 0.2) is 42.5 Å². The van der Waals surface area contributed by atoms with Crippen LogP contribution in [-0.4, -0.2) is 44.2 Å². The summed E-state index contributed by atoms with van der Waals surface area (Å²) in [5.41, 5.74) is 1.06. The van der Waals surface area contributed by atoms with Crippen LogP contribution in [0.25, 0.3) is 0 Å². The fourth-order valence-corrected chi connectivity index (χ4v) is 2.83. The second-order valence-electron chi connectivity index (χ2n) is 6.45. The molecule has 0 atom stereocenters. The van der Waals surface area contributed by atoms with Gasteiger partial charge in [-0.3, -0.25) is 4.79 Å². The predicted molar refractivity (Wildman–Crippen MR) is 99.9 cm³/mol. The topological polar surface area (TPSA) is 48.0 Å². The summed E-state index contributed by atoms with van der Waals surface area (Å²) in [6.45, 7) is 2.21. The Labute approximate surface area is 158 Å². The van der Waals surface area contributed by atoms with E-state index in [0.29, 0.717) is 51.4 Å². The van der Waals surface area contributed by atoms with Gasteiger partial charge in [-0.15, -0.1) is 0 Å². The minimum absolute atomic E-state index is 0.0895. The molecule has 1 heterocycles. The van der Waals surface area contributed by atoms with Crippen LogP contribution in [0, 0.1) is 5.82 Å². The number of carbonyl (C=O) groups is 1. The van der Waals surface area contributed by atoms with Gasteiger partial charge in [0, 0.05) is 20.0 Å². The molecule has 0 N–H and O–H groups in total. The Morgan fingerprint density at radius 3 is 2.63 bits per heavy atom. The molecule has 27 heavy (non-hydrogen) atoms. The molecule has 0 unspecified atom stereocenters. The number of hydrogen-bond acceptors (Lipinski definition) is 4. The highest BCUT2D eigenvalue weighted by atomic mass is 19.1. The fraction of sp³-hybridized carbons (Fsp3) is 0.381. The zero-order valence-corrected chi connectivity index (χ0v) is 15.4. The second kappa shape index (κ2) is 9.26. The molecule has 0 saturated carbocycles. The van der Waals surface area contributed by atoms with Gasteiger partial charge in [0.15, 0.2) is 11.5 Å². The first-order valence-electron chi connectivity index (χ1n) is 9.13. The molecular formula is C21H24FNO4. The summed E-state index contributed by atoms with van der Waals surface area (Å²) in [5, 5.41) is 0. The van der Waals surface area contributed by atoms with Gasteiger partial charge in [0.05, 0.1) is 6.61 Å². The molecule has 3 rings (SSSR count). The summed E-state index contributed by atoms with van der Waals surface area (Å²) in [4.78, 5) is 14.0. The highest BCUT2D eigenvalue weighted by molar-refractivity contribution is 5.76. The molecule has 0 aromatic heterocycles. The van der Waals surface area contributed by atoms with Crippen molar-refractivity contribution in [1.82, 2.24) is 4.90 Å². The van der Waals surface area contributed by atoms with Crippen molar-refractivity contribution >= 4 is 5.91 Å². The molecule has 0 aliphatic carbocycles. The molecule has 5 nitrogen and oxygen atoms in total. The van der Waals surface area contributed by atoms with Crippen LogP contribution in [0.3, 0.4) is 0 Å². The van der Waals surface area contributed by atoms with E-state index in [1.54, 1.807) is 24.1 Å². The van der Waals surface area contributed by atoms with Crippen LogP contribution in [0.5, 0.6) is 17.2 Å². The Kier molecular flexibility index (Phi) is 6.52. The molecule has 0 radical (unpaired) electrons. The smallest absolute Gasteiger partial charge is 0.222 e. The molecule has 6 heteroatoms. The van der Waals surface area contributed by atoms with Crippen molar-refractivity contribution < 1.29 is 23.4 Å². The summed E-state index contributed by atoms with van der Waals surface area (Å²) in [5.74, 6) is 1.94. The van der Waals surface area contributed by atoms with Crippen LogP contribution < -0.4 is 14.2 Å². The Morgan fingerprint density at radius 1 is 1.11 bits per heavy atom. The van der Waals surface area contributed by atoms with E-state index in [9.17, 15) is 9.18 Å². The minimum atomic E-state index is -0.286. The molecule has 0 bridgehead atoms. The van der Waals surface area contributed by atoms with Crippen molar-refractivity contribution in [3.63, 3.8) is 0 Å². The van der Waals surface area contributed by atoms with Crippen molar-refractivity contribution in [3.05, 3.63) is 53.8 Å². The third kappa shape index (κ3) is 5.61. The first kappa shape index (κ1) is 19.0. The molecule has 2 aromatic rings. The normalized spacial score (nSPS) is 12.5. The number of rotatable bonds is 8. The van der Waals surface area contributed by atoms with Crippen molar-refractivity contribution in [2.24, 2.45) is 0 Å². The van der Waals surface area contributed by atoms with Gasteiger partial charge in [0.25, 0.3) is 0 Å². The van der Waals surface area contributed by atoms with E-state index >= 15 is 0 Å². The van der Waals surface area contributed by atoms with E-state index in [0.717, 1.165) is 17.1 Å². The lowest BCUT2D eigenvalue weighted by Gasteiger charge is -2.19. The lowest BCUT2D eigenvalue weighted by Crippen LogP contribution is -2.28. The number of ether oxygens (including phenoxy) is 3. The van der Waals surface area contributed by atoms with E-state index in [1.807, 2.05) is 18.2 Å². The number of amides is 1. The van der Waals surface area contributed by atoms with Crippen LogP contribution >= 0.6 is 0 Å². The number of halogens is 1. The lowest BCUT2D eigenvalue weighted by atomic mass is 10.1. The average molecular weight is 373 g/mol. The SMILES string of the molecule is CN(CCCOc1ccc(F)cc1)C(=O)CCc1ccc2c(c1)OCCO2. The highest BCUT2D eigenvalue weighted by Gasteiger charge is 2.13. The zero-order valence-electron chi connectivity index (χ0n) is 15.4. The standard InChI is InChI=1S/C21H24FNO4/c1-23(11-2-12-25-18-7-5-17(22)6-8-18)21(24)10-4-16-3-9-19-20(15-16)27-14-13-26-19/h3,5-9,15H,2,4,10-14H2,1H3. The maximum Gasteiger partial charge on any atom is 0.222 e. The third-order valence-electron chi connectivity index (χ3n) is 4.38. The van der Waals surface area contributed by atoms with Crippen LogP contribution in [-0.2, 0) is 11.2 Å². The van der Waals surface area contributed by atoms with Gasteiger partial charge >= 0.3 is 0 Å². The van der Waals surface area contributed by atoms with Gasteiger partial charge in [-0.05, 0) is 54.8 Å². The largest absolute Gasteiger partial charge is 0.494 e. The molecule has 0 saturated heterocycles. The summed E-state index contributed by atoms with van der Waals surface area (Å²) in [6, 6.07) is 11.7. The van der Waals surface area contributed by atoms with Crippen LogP contribution in [0.4, 0.5) is 4.39 Å². The molecule has 2 aromatic carbocycles. The predicted octanol–water partition coefficient (Wildman–Crippen LogP) is 3.46. The first-order chi connectivity index (χ1) is 13.1. The lowest BCUT2D eigenvalue weighted by molar-refractivity contribution is -0.129. The summed E-state index contributed by atoms with van der Waals surface area (Å²) >= 11 is 0. The van der Waals surface area contributed by atoms with Gasteiger partial charge in [0.1, 0.15) is 24.8 Å². The Balaban J connectivity index is 1.37. The quantitative estimate of drug-likeness (QED) is 0.665. The van der Waals surface area contributed by atoms with Crippen molar-refractivity contribution in [2.75, 3.05) is 33.4 Å². The Hall–Kier alpha value is -2.76. The second-order valence-corrected chi connectivity index (χ2v) is 6.45. The minimum Gasteiger partial charge on any atom is -0.494 e. The van der Waals surface area contributed by atoms with Crippen LogP contribution in [0.2, 0.25) is 0 Å². The molecule has 1 aliphatic heterocycles. The summed E-state index contributed by atoms with van der Waals surface area (Å²) < 4.78 is 29.5. The number of benzene rings is 2. The number of carbonyl (C=O) groups excluding carboxylic acids is 1. The molecular weight excluding hydrogens is 349 g/mol. The number of nitrogens with zero attached hydrogens (tertiary/aromatic N) is 1. The monoisotopic (exact) mass is 373 g/mol. The molecule has 0 fully saturated rings. The zero-order chi connectivity index (χ0) is 19.1. The van der Waals surface area contributed by atoms with Crippen molar-refractivity contribution in [2.45, 2.75) is 19.3 Å². The molecule has 1 aliphatic rings. The van der Waals surface area contributed by atoms with E-state index in [4.69, 9.17) is 14.2 Å². The van der Waals surface area contributed by atoms with Gasteiger partial charge in [-0.2, -0.15) is 0 Å². The maximum atomic E-state index is 12.8. The Bertz CT molecular complexity index is 763. The van der Waals surface area contributed by atoms with E-state index < -0.39 is 0 Å². The average Bonchev–Trinajstić information content (AvgIpc) is 2.70. The maximum absolute atomic E-state index is 12.8. The van der Waals surface area contributed by atoms with E-state index in [-0.39, 0.29) is 11.7 Å². The van der Waals surface area contributed by atoms with E-state index in [1.165, 1.54) is 12.1 Å². The fourth-order valence-electron chi connectivity index (χ4n) is 2.83. The summed E-state index contributed by atoms with van der Waals surface area (Å²) in [6.07, 6.45) is 1.81. The van der Waals surface area contributed by atoms with E-state index in [2.05, 4.69) is 0 Å². The third-order valence-corrected chi connectivity index (χ3v) is 4.38. The Morgan fingerprint density at radius 2 is 1.85 bits per heavy atom. The van der Waals surface area contributed by atoms with Crippen molar-refractivity contribution in [3.8, 4) is 17.2 Å². The summed E-state index contributed by atoms with van der Waals surface area (Å²) in [7, 11) is 1.80. The van der Waals surface area contributed by atoms with Crippen LogP contribution in [0.1, 0.15) is 18.4 Å².